The first-order chi connectivity index (χ1) is 19.0. The van der Waals surface area contributed by atoms with Gasteiger partial charge in [-0.2, -0.15) is 0 Å². The van der Waals surface area contributed by atoms with Crippen LogP contribution in [0.25, 0.3) is 11.3 Å². The monoisotopic (exact) mass is 586 g/mol. The topological polar surface area (TPSA) is 57.0 Å². The molecule has 40 heavy (non-hydrogen) atoms. The van der Waals surface area contributed by atoms with Crippen LogP contribution in [-0.4, -0.2) is 42.7 Å². The number of piperidine rings is 1. The molecule has 0 atom stereocenters. The smallest absolute Gasteiger partial charge is 0.399 e. The Morgan fingerprint density at radius 3 is 2.25 bits per heavy atom. The third-order valence-electron chi connectivity index (χ3n) is 8.73. The van der Waals surface area contributed by atoms with Crippen LogP contribution in [0.4, 0.5) is 10.1 Å². The zero-order valence-corrected chi connectivity index (χ0v) is 24.8. The maximum atomic E-state index is 15.2. The highest BCUT2D eigenvalue weighted by atomic mass is 35.5. The fourth-order valence-electron chi connectivity index (χ4n) is 5.40. The highest BCUT2D eigenvalue weighted by Gasteiger charge is 2.52. The number of hydrogen-bond donors (Lipinski definition) is 0. The van der Waals surface area contributed by atoms with Crippen LogP contribution in [0.2, 0.25) is 10.0 Å². The molecule has 3 heterocycles. The summed E-state index contributed by atoms with van der Waals surface area (Å²) in [6.07, 6.45) is 3.89. The lowest BCUT2D eigenvalue weighted by Crippen LogP contribution is -2.41. The van der Waals surface area contributed by atoms with E-state index in [0.29, 0.717) is 39.3 Å². The van der Waals surface area contributed by atoms with Gasteiger partial charge in [0.15, 0.2) is 0 Å². The molecular formula is C30H34BCl2FN2O4. The Balaban J connectivity index is 1.10. The highest BCUT2D eigenvalue weighted by molar-refractivity contribution is 6.62. The van der Waals surface area contributed by atoms with E-state index in [1.165, 1.54) is 0 Å². The van der Waals surface area contributed by atoms with Gasteiger partial charge >= 0.3 is 7.12 Å². The molecule has 2 aromatic carbocycles. The largest absolute Gasteiger partial charge is 0.497 e. The second-order valence-corrected chi connectivity index (χ2v) is 12.9. The molecule has 0 bridgehead atoms. The Morgan fingerprint density at radius 1 is 1.00 bits per heavy atom. The van der Waals surface area contributed by atoms with Crippen molar-refractivity contribution in [2.45, 2.75) is 83.2 Å². The van der Waals surface area contributed by atoms with Crippen LogP contribution >= 0.6 is 23.2 Å². The lowest BCUT2D eigenvalue weighted by atomic mass is 9.78. The van der Waals surface area contributed by atoms with E-state index < -0.39 is 18.3 Å². The summed E-state index contributed by atoms with van der Waals surface area (Å²) in [5.74, 6) is 0.930. The Hall–Kier alpha value is -2.10. The number of hydrogen-bond acceptors (Lipinski definition) is 6. The van der Waals surface area contributed by atoms with Crippen molar-refractivity contribution in [2.24, 2.45) is 0 Å². The van der Waals surface area contributed by atoms with Crippen LogP contribution in [0.15, 0.2) is 40.9 Å². The molecule has 2 saturated heterocycles. The van der Waals surface area contributed by atoms with Crippen molar-refractivity contribution in [3.8, 4) is 11.3 Å². The Labute approximate surface area is 245 Å². The number of nitrogens with zero attached hydrogens (tertiary/aromatic N) is 2. The molecule has 3 fully saturated rings. The van der Waals surface area contributed by atoms with Gasteiger partial charge in [-0.15, -0.1) is 0 Å². The average molecular weight is 587 g/mol. The van der Waals surface area contributed by atoms with E-state index >= 15 is 4.39 Å². The molecule has 3 aliphatic rings. The minimum atomic E-state index is -0.721. The molecule has 1 aliphatic carbocycles. The highest BCUT2D eigenvalue weighted by Crippen LogP contribution is 2.46. The van der Waals surface area contributed by atoms with Crippen LogP contribution in [0.3, 0.4) is 0 Å². The molecule has 1 aromatic heterocycles. The fourth-order valence-corrected chi connectivity index (χ4v) is 5.98. The minimum absolute atomic E-state index is 0.0710. The molecule has 0 amide bonds. The molecule has 212 valence electrons. The molecule has 0 unspecified atom stereocenters. The maximum Gasteiger partial charge on any atom is 0.497 e. The molecule has 2 aliphatic heterocycles. The molecule has 3 aromatic rings. The van der Waals surface area contributed by atoms with E-state index in [9.17, 15) is 0 Å². The van der Waals surface area contributed by atoms with E-state index in [2.05, 4.69) is 10.1 Å². The lowest BCUT2D eigenvalue weighted by Gasteiger charge is -2.33. The van der Waals surface area contributed by atoms with Gasteiger partial charge in [-0.25, -0.2) is 4.39 Å². The van der Waals surface area contributed by atoms with Gasteiger partial charge in [0.25, 0.3) is 0 Å². The van der Waals surface area contributed by atoms with Crippen molar-refractivity contribution >= 4 is 41.5 Å². The Morgan fingerprint density at radius 2 is 1.65 bits per heavy atom. The first-order valence-corrected chi connectivity index (χ1v) is 14.7. The van der Waals surface area contributed by atoms with Gasteiger partial charge in [-0.1, -0.05) is 40.5 Å². The van der Waals surface area contributed by atoms with Crippen LogP contribution in [0.1, 0.15) is 70.6 Å². The number of ether oxygens (including phenoxy) is 1. The average Bonchev–Trinajstić information content (AvgIpc) is 3.62. The van der Waals surface area contributed by atoms with E-state index in [1.54, 1.807) is 24.3 Å². The summed E-state index contributed by atoms with van der Waals surface area (Å²) in [4.78, 5) is 2.20. The van der Waals surface area contributed by atoms with Crippen LogP contribution in [0, 0.1) is 5.82 Å². The first kappa shape index (κ1) is 28.0. The molecule has 6 rings (SSSR count). The third kappa shape index (κ3) is 5.29. The summed E-state index contributed by atoms with van der Waals surface area (Å²) in [6.45, 7) is 9.78. The van der Waals surface area contributed by atoms with Crippen molar-refractivity contribution in [3.05, 3.63) is 63.6 Å². The van der Waals surface area contributed by atoms with E-state index in [4.69, 9.17) is 41.8 Å². The summed E-state index contributed by atoms with van der Waals surface area (Å²) in [7, 11) is -0.721. The third-order valence-corrected chi connectivity index (χ3v) is 9.36. The standard InChI is InChI=1S/C30H34BCl2FN2O4/c1-29(2)30(3,4)40-31(39-29)22-11-10-19(16-25(22)34)36-14-12-20(13-15-36)37-17-21-27(35-38-28(21)18-8-9-18)26-23(32)6-5-7-24(26)33/h5-7,10-11,16,18,20H,8-9,12-15,17H2,1-4H3. The SMILES string of the molecule is CC1(C)OB(c2ccc(N3CCC(OCc4c(-c5c(Cl)cccc5Cl)noc4C4CC4)CC3)cc2F)OC1(C)C. The predicted octanol–water partition coefficient (Wildman–Crippen LogP) is 7.15. The van der Waals surface area contributed by atoms with Gasteiger partial charge in [0.2, 0.25) is 0 Å². The zero-order chi connectivity index (χ0) is 28.2. The van der Waals surface area contributed by atoms with E-state index in [1.807, 2.05) is 39.8 Å². The Bertz CT molecular complexity index is 1370. The van der Waals surface area contributed by atoms with Gasteiger partial charge in [0.1, 0.15) is 17.3 Å². The molecule has 10 heteroatoms. The van der Waals surface area contributed by atoms with Crippen LogP contribution < -0.4 is 10.4 Å². The van der Waals surface area contributed by atoms with Crippen LogP contribution in [0.5, 0.6) is 0 Å². The number of anilines is 1. The van der Waals surface area contributed by atoms with Gasteiger partial charge in [0, 0.05) is 41.3 Å². The minimum Gasteiger partial charge on any atom is -0.399 e. The van der Waals surface area contributed by atoms with Crippen molar-refractivity contribution in [1.82, 2.24) is 5.16 Å². The summed E-state index contributed by atoms with van der Waals surface area (Å²) < 4.78 is 39.5. The number of aromatic nitrogens is 1. The maximum absolute atomic E-state index is 15.2. The molecular weight excluding hydrogens is 553 g/mol. The number of halogens is 3. The zero-order valence-electron chi connectivity index (χ0n) is 23.3. The van der Waals surface area contributed by atoms with E-state index in [-0.39, 0.29) is 11.9 Å². The van der Waals surface area contributed by atoms with Crippen molar-refractivity contribution < 1.29 is 23.0 Å². The molecule has 0 radical (unpaired) electrons. The summed E-state index contributed by atoms with van der Waals surface area (Å²) in [5.41, 5.74) is 2.51. The van der Waals surface area contributed by atoms with Gasteiger partial charge in [0.05, 0.1) is 34.0 Å². The van der Waals surface area contributed by atoms with Gasteiger partial charge in [-0.3, -0.25) is 0 Å². The predicted molar refractivity (Wildman–Crippen MR) is 156 cm³/mol. The van der Waals surface area contributed by atoms with Crippen molar-refractivity contribution in [3.63, 3.8) is 0 Å². The lowest BCUT2D eigenvalue weighted by molar-refractivity contribution is 0.00578. The summed E-state index contributed by atoms with van der Waals surface area (Å²) in [6, 6.07) is 10.7. The van der Waals surface area contributed by atoms with Gasteiger partial charge < -0.3 is 23.5 Å². The first-order valence-electron chi connectivity index (χ1n) is 14.0. The Kier molecular flexibility index (Phi) is 7.45. The normalized spacial score (nSPS) is 20.9. The van der Waals surface area contributed by atoms with Gasteiger partial charge in [-0.05, 0) is 77.6 Å². The second kappa shape index (κ2) is 10.6. The van der Waals surface area contributed by atoms with E-state index in [0.717, 1.165) is 55.8 Å². The molecule has 6 nitrogen and oxygen atoms in total. The second-order valence-electron chi connectivity index (χ2n) is 12.0. The van der Waals surface area contributed by atoms with Crippen molar-refractivity contribution in [2.75, 3.05) is 18.0 Å². The molecule has 0 N–H and O–H groups in total. The summed E-state index contributed by atoms with van der Waals surface area (Å²) in [5, 5.41) is 5.43. The number of rotatable bonds is 7. The molecule has 0 spiro atoms. The molecule has 1 saturated carbocycles. The summed E-state index contributed by atoms with van der Waals surface area (Å²) >= 11 is 13.0. The van der Waals surface area contributed by atoms with Crippen LogP contribution in [-0.2, 0) is 20.7 Å². The fraction of sp³-hybridized carbons (Fsp3) is 0.500. The quantitative estimate of drug-likeness (QED) is 0.274. The number of benzene rings is 2. The van der Waals surface area contributed by atoms with Crippen molar-refractivity contribution in [1.29, 1.82) is 0 Å².